The van der Waals surface area contributed by atoms with Crippen molar-refractivity contribution in [3.63, 3.8) is 0 Å². The lowest BCUT2D eigenvalue weighted by Gasteiger charge is -1.62. The van der Waals surface area contributed by atoms with E-state index in [1.165, 1.54) is 0 Å². The van der Waals surface area contributed by atoms with Crippen molar-refractivity contribution in [1.82, 2.24) is 0 Å². The van der Waals surface area contributed by atoms with E-state index in [9.17, 15) is 0 Å². The Bertz CT molecular complexity index is 59.0. The monoisotopic (exact) mass is 90.0 g/mol. The highest BCUT2D eigenvalue weighted by Crippen LogP contribution is 1.68. The van der Waals surface area contributed by atoms with Gasteiger partial charge in [0, 0.05) is 6.92 Å². The summed E-state index contributed by atoms with van der Waals surface area (Å²) in [6, 6.07) is 0. The summed E-state index contributed by atoms with van der Waals surface area (Å²) in [6.45, 7) is 1.64. The molecule has 0 aromatic rings. The molecule has 0 unspecified atom stereocenters. The minimum Gasteiger partial charge on any atom is -0.333 e. The Morgan fingerprint density at radius 2 is 2.40 bits per heavy atom. The summed E-state index contributed by atoms with van der Waals surface area (Å²) < 4.78 is 3.80. The Morgan fingerprint density at radius 3 is 2.40 bits per heavy atom. The summed E-state index contributed by atoms with van der Waals surface area (Å²) in [7, 11) is 0. The molecule has 1 nitrogen and oxygen atoms in total. The van der Waals surface area contributed by atoms with Gasteiger partial charge in [-0.15, -0.1) is 0 Å². The summed E-state index contributed by atoms with van der Waals surface area (Å²) in [6.07, 6.45) is 2.13. The Hall–Kier alpha value is -0.350. The average Bonchev–Trinajstić information content (AvgIpc) is 1.41. The minimum absolute atomic E-state index is 1.64. The maximum Gasteiger partial charge on any atom is 0.147 e. The van der Waals surface area contributed by atoms with Gasteiger partial charge in [-0.1, -0.05) is 5.92 Å². The first-order valence-corrected chi connectivity index (χ1v) is 1.42. The van der Waals surface area contributed by atoms with E-state index in [0.29, 0.717) is 0 Å². The fourth-order valence-corrected chi connectivity index (χ4v) is 0.116. The summed E-state index contributed by atoms with van der Waals surface area (Å²) in [4.78, 5) is 0. The predicted molar refractivity (Wildman–Crippen MR) is 20.4 cm³/mol. The average molecular weight is 90.5 g/mol. The third kappa shape index (κ3) is 3.65. The number of halogens is 1. The number of hydrogen-bond acceptors (Lipinski definition) is 1. The molecule has 0 amide bonds. The molecule has 0 atom stereocenters. The molecule has 0 saturated carbocycles. The molecule has 2 heteroatoms. The molecule has 0 rings (SSSR count). The first-order chi connectivity index (χ1) is 2.41. The minimum atomic E-state index is 1.64. The smallest absolute Gasteiger partial charge is 0.147 e. The topological polar surface area (TPSA) is 9.23 Å². The van der Waals surface area contributed by atoms with Crippen LogP contribution in [0.15, 0.2) is 0 Å². The fraction of sp³-hybridized carbons (Fsp3) is 0.333. The van der Waals surface area contributed by atoms with Crippen molar-refractivity contribution in [2.45, 2.75) is 6.92 Å². The zero-order valence-electron chi connectivity index (χ0n) is 2.79. The van der Waals surface area contributed by atoms with Gasteiger partial charge in [0.25, 0.3) is 0 Å². The molecule has 0 aliphatic rings. The van der Waals surface area contributed by atoms with Gasteiger partial charge in [0.15, 0.2) is 0 Å². The lowest BCUT2D eigenvalue weighted by Crippen LogP contribution is -1.46. The maximum atomic E-state index is 4.63. The summed E-state index contributed by atoms with van der Waals surface area (Å²) in [5.74, 6) is 2.41. The number of hydrogen-bond donors (Lipinski definition) is 0. The van der Waals surface area contributed by atoms with Gasteiger partial charge in [-0.2, -0.15) is 0 Å². The van der Waals surface area contributed by atoms with Crippen LogP contribution in [0.25, 0.3) is 0 Å². The van der Waals surface area contributed by atoms with Crippen LogP contribution in [0.4, 0.5) is 0 Å². The molecule has 5 heavy (non-hydrogen) atoms. The van der Waals surface area contributed by atoms with Gasteiger partial charge in [0.05, 0.1) is 0 Å². The first-order valence-electron chi connectivity index (χ1n) is 1.11. The lowest BCUT2D eigenvalue weighted by molar-refractivity contribution is 0.582. The van der Waals surface area contributed by atoms with Crippen molar-refractivity contribution in [2.24, 2.45) is 0 Å². The van der Waals surface area contributed by atoms with Crippen LogP contribution < -0.4 is 0 Å². The Kier molecular flexibility index (Phi) is 3.39. The van der Waals surface area contributed by atoms with Crippen LogP contribution in [0, 0.1) is 12.0 Å². The molecule has 0 N–H and O–H groups in total. The highest BCUT2D eigenvalue weighted by molar-refractivity contribution is 6.08. The van der Waals surface area contributed by atoms with E-state index >= 15 is 0 Å². The van der Waals surface area contributed by atoms with Crippen molar-refractivity contribution in [3.05, 3.63) is 0 Å². The van der Waals surface area contributed by atoms with E-state index in [-0.39, 0.29) is 0 Å². The zero-order valence-corrected chi connectivity index (χ0v) is 3.54. The summed E-state index contributed by atoms with van der Waals surface area (Å²) in [5.41, 5.74) is 0. The second-order valence-corrected chi connectivity index (χ2v) is 0.584. The molecule has 0 aliphatic carbocycles. The lowest BCUT2D eigenvalue weighted by atomic mass is 10.8. The Labute approximate surface area is 36.1 Å². The van der Waals surface area contributed by atoms with Crippen LogP contribution in [-0.4, -0.2) is 0 Å². The van der Waals surface area contributed by atoms with Gasteiger partial charge < -0.3 is 4.29 Å². The van der Waals surface area contributed by atoms with E-state index in [1.807, 2.05) is 0 Å². The fourth-order valence-electron chi connectivity index (χ4n) is 0.0386. The molecule has 0 fully saturated rings. The molecule has 0 saturated heterocycles. The molecule has 0 radical (unpaired) electrons. The second kappa shape index (κ2) is 3.65. The largest absolute Gasteiger partial charge is 0.333 e. The van der Waals surface area contributed by atoms with Crippen molar-refractivity contribution in [1.29, 1.82) is 0 Å². The molecule has 28 valence electrons. The van der Waals surface area contributed by atoms with Crippen molar-refractivity contribution in [3.8, 4) is 12.0 Å². The molecule has 0 bridgehead atoms. The molecule has 0 spiro atoms. The molecule has 0 aromatic carbocycles. The quantitative estimate of drug-likeness (QED) is 0.405. The third-order valence-corrected chi connectivity index (χ3v) is 0.218. The van der Waals surface area contributed by atoms with Crippen LogP contribution in [0.3, 0.4) is 0 Å². The van der Waals surface area contributed by atoms with Crippen molar-refractivity contribution in [2.75, 3.05) is 0 Å². The van der Waals surface area contributed by atoms with Crippen LogP contribution in [0.1, 0.15) is 6.92 Å². The highest BCUT2D eigenvalue weighted by atomic mass is 35.5. The van der Waals surface area contributed by atoms with Crippen LogP contribution >= 0.6 is 11.9 Å². The standard InChI is InChI=1S/C3H3ClO/c1-2-3-5-4/h1H3. The summed E-state index contributed by atoms with van der Waals surface area (Å²) >= 11 is 4.63. The Balaban J connectivity index is 2.81. The third-order valence-electron chi connectivity index (χ3n) is 0.141. The predicted octanol–water partition coefficient (Wildman–Crippen LogP) is 1.14. The van der Waals surface area contributed by atoms with Gasteiger partial charge in [-0.3, -0.25) is 0 Å². The van der Waals surface area contributed by atoms with E-state index in [2.05, 4.69) is 28.2 Å². The SMILES string of the molecule is CC#COCl. The zero-order chi connectivity index (χ0) is 4.12. The van der Waals surface area contributed by atoms with E-state index in [1.54, 1.807) is 6.92 Å². The van der Waals surface area contributed by atoms with Crippen molar-refractivity contribution < 1.29 is 4.29 Å². The van der Waals surface area contributed by atoms with E-state index in [4.69, 9.17) is 0 Å². The van der Waals surface area contributed by atoms with Crippen LogP contribution in [0.5, 0.6) is 0 Å². The molecular weight excluding hydrogens is 87.5 g/mol. The normalized spacial score (nSPS) is 4.40. The molecule has 0 aliphatic heterocycles. The first kappa shape index (κ1) is 4.65. The van der Waals surface area contributed by atoms with E-state index < -0.39 is 0 Å². The van der Waals surface area contributed by atoms with Gasteiger partial charge in [0.2, 0.25) is 0 Å². The van der Waals surface area contributed by atoms with Gasteiger partial charge >= 0.3 is 0 Å². The van der Waals surface area contributed by atoms with E-state index in [0.717, 1.165) is 0 Å². The Morgan fingerprint density at radius 1 is 1.80 bits per heavy atom. The highest BCUT2D eigenvalue weighted by Gasteiger charge is 1.48. The van der Waals surface area contributed by atoms with Gasteiger partial charge in [-0.25, -0.2) is 0 Å². The van der Waals surface area contributed by atoms with Gasteiger partial charge in [-0.05, 0) is 0 Å². The molecule has 0 aromatic heterocycles. The molecular formula is C3H3ClO. The van der Waals surface area contributed by atoms with Crippen molar-refractivity contribution >= 4 is 11.9 Å². The maximum absolute atomic E-state index is 4.63. The van der Waals surface area contributed by atoms with Gasteiger partial charge in [0.1, 0.15) is 18.0 Å². The second-order valence-electron chi connectivity index (χ2n) is 0.429. The van der Waals surface area contributed by atoms with Crippen LogP contribution in [-0.2, 0) is 4.29 Å². The van der Waals surface area contributed by atoms with Crippen LogP contribution in [0.2, 0.25) is 0 Å². The summed E-state index contributed by atoms with van der Waals surface area (Å²) in [5, 5.41) is 0. The molecule has 0 heterocycles. The number of rotatable bonds is 0.